The van der Waals surface area contributed by atoms with Crippen LogP contribution in [0.25, 0.3) is 0 Å². The van der Waals surface area contributed by atoms with Crippen LogP contribution in [0.1, 0.15) is 38.9 Å². The minimum absolute atomic E-state index is 0.0449. The Morgan fingerprint density at radius 2 is 1.95 bits per heavy atom. The molecule has 0 aliphatic carbocycles. The van der Waals surface area contributed by atoms with Crippen molar-refractivity contribution in [3.8, 4) is 0 Å². The maximum Gasteiger partial charge on any atom is 0.273 e. The minimum Gasteiger partial charge on any atom is -0.447 e. The zero-order chi connectivity index (χ0) is 14.8. The molecule has 0 saturated carbocycles. The fourth-order valence-corrected chi connectivity index (χ4v) is 3.27. The van der Waals surface area contributed by atoms with Crippen LogP contribution in [0, 0.1) is 0 Å². The second-order valence-corrected chi connectivity index (χ2v) is 7.12. The third-order valence-electron chi connectivity index (χ3n) is 3.80. The number of piperidine rings is 1. The number of nitrogens with one attached hydrogen (secondary N) is 2. The highest BCUT2D eigenvalue weighted by atomic mass is 32.2. The molecule has 20 heavy (non-hydrogen) atoms. The van der Waals surface area contributed by atoms with Crippen LogP contribution < -0.4 is 10.1 Å². The summed E-state index contributed by atoms with van der Waals surface area (Å²) in [5.41, 5.74) is 3.34. The molecule has 0 bridgehead atoms. The van der Waals surface area contributed by atoms with E-state index in [1.165, 1.54) is 32.4 Å². The standard InChI is InChI=1S/C13H23N3O3S/c1-10-5-4-6-11(2)16(10)15-9-12-7-8-13(19-12)20(17,18)14-3/h7-8,10-11,14-15H,4-6,9H2,1-3H3. The van der Waals surface area contributed by atoms with Crippen LogP contribution in [0.4, 0.5) is 0 Å². The molecule has 0 aromatic carbocycles. The van der Waals surface area contributed by atoms with Crippen molar-refractivity contribution in [2.45, 2.75) is 56.8 Å². The number of sulfonamides is 1. The zero-order valence-electron chi connectivity index (χ0n) is 12.2. The molecule has 1 aliphatic heterocycles. The second kappa shape index (κ2) is 6.26. The van der Waals surface area contributed by atoms with E-state index in [1.807, 2.05) is 0 Å². The SMILES string of the molecule is CNS(=O)(=O)c1ccc(CNN2C(C)CCCC2C)o1. The average molecular weight is 301 g/mol. The zero-order valence-corrected chi connectivity index (χ0v) is 13.0. The van der Waals surface area contributed by atoms with E-state index in [1.54, 1.807) is 6.07 Å². The van der Waals surface area contributed by atoms with Gasteiger partial charge in [-0.15, -0.1) is 0 Å². The van der Waals surface area contributed by atoms with Crippen LogP contribution in [0.15, 0.2) is 21.6 Å². The van der Waals surface area contributed by atoms with Gasteiger partial charge < -0.3 is 4.42 Å². The van der Waals surface area contributed by atoms with Gasteiger partial charge in [0.15, 0.2) is 0 Å². The Bertz CT molecular complexity index is 531. The summed E-state index contributed by atoms with van der Waals surface area (Å²) in [4.78, 5) is 0. The molecule has 0 spiro atoms. The molecule has 1 saturated heterocycles. The fraction of sp³-hybridized carbons (Fsp3) is 0.692. The number of furan rings is 1. The molecular weight excluding hydrogens is 278 g/mol. The highest BCUT2D eigenvalue weighted by molar-refractivity contribution is 7.89. The third-order valence-corrected chi connectivity index (χ3v) is 5.09. The van der Waals surface area contributed by atoms with E-state index in [2.05, 4.69) is 29.0 Å². The molecule has 7 heteroatoms. The molecule has 2 unspecified atom stereocenters. The van der Waals surface area contributed by atoms with Crippen LogP contribution in [-0.2, 0) is 16.6 Å². The van der Waals surface area contributed by atoms with E-state index < -0.39 is 10.0 Å². The monoisotopic (exact) mass is 301 g/mol. The van der Waals surface area contributed by atoms with E-state index in [0.29, 0.717) is 24.4 Å². The molecular formula is C13H23N3O3S. The van der Waals surface area contributed by atoms with Crippen molar-refractivity contribution in [3.05, 3.63) is 17.9 Å². The van der Waals surface area contributed by atoms with Gasteiger partial charge in [-0.2, -0.15) is 0 Å². The largest absolute Gasteiger partial charge is 0.447 e. The number of hydrazine groups is 1. The van der Waals surface area contributed by atoms with Crippen molar-refractivity contribution in [2.24, 2.45) is 0 Å². The lowest BCUT2D eigenvalue weighted by Gasteiger charge is -2.38. The highest BCUT2D eigenvalue weighted by Gasteiger charge is 2.24. The van der Waals surface area contributed by atoms with Crippen LogP contribution in [0.5, 0.6) is 0 Å². The van der Waals surface area contributed by atoms with Crippen molar-refractivity contribution in [1.29, 1.82) is 0 Å². The van der Waals surface area contributed by atoms with E-state index in [9.17, 15) is 8.42 Å². The topological polar surface area (TPSA) is 74.6 Å². The van der Waals surface area contributed by atoms with Crippen molar-refractivity contribution in [1.82, 2.24) is 15.2 Å². The van der Waals surface area contributed by atoms with Crippen molar-refractivity contribution >= 4 is 10.0 Å². The Morgan fingerprint density at radius 1 is 1.30 bits per heavy atom. The molecule has 1 fully saturated rings. The maximum absolute atomic E-state index is 11.6. The van der Waals surface area contributed by atoms with Crippen LogP contribution in [-0.4, -0.2) is 32.6 Å². The fourth-order valence-electron chi connectivity index (χ4n) is 2.60. The van der Waals surface area contributed by atoms with Gasteiger partial charge in [-0.1, -0.05) is 6.42 Å². The second-order valence-electron chi connectivity index (χ2n) is 5.30. The number of nitrogens with zero attached hydrogens (tertiary/aromatic N) is 1. The van der Waals surface area contributed by atoms with E-state index >= 15 is 0 Å². The van der Waals surface area contributed by atoms with Gasteiger partial charge in [-0.05, 0) is 45.9 Å². The summed E-state index contributed by atoms with van der Waals surface area (Å²) in [5.74, 6) is 0.615. The summed E-state index contributed by atoms with van der Waals surface area (Å²) in [6.45, 7) is 4.89. The third kappa shape index (κ3) is 3.41. The lowest BCUT2D eigenvalue weighted by molar-refractivity contribution is 0.0407. The first-order chi connectivity index (χ1) is 9.44. The smallest absolute Gasteiger partial charge is 0.273 e. The number of hydrogen-bond acceptors (Lipinski definition) is 5. The minimum atomic E-state index is -3.50. The first-order valence-electron chi connectivity index (χ1n) is 6.98. The van der Waals surface area contributed by atoms with E-state index in [-0.39, 0.29) is 5.09 Å². The maximum atomic E-state index is 11.6. The van der Waals surface area contributed by atoms with Gasteiger partial charge in [-0.3, -0.25) is 0 Å². The summed E-state index contributed by atoms with van der Waals surface area (Å²) < 4.78 is 30.8. The summed E-state index contributed by atoms with van der Waals surface area (Å²) in [6.07, 6.45) is 3.61. The Kier molecular flexibility index (Phi) is 4.85. The van der Waals surface area contributed by atoms with Gasteiger partial charge in [0.1, 0.15) is 5.76 Å². The van der Waals surface area contributed by atoms with Gasteiger partial charge in [-0.25, -0.2) is 23.6 Å². The van der Waals surface area contributed by atoms with Crippen molar-refractivity contribution < 1.29 is 12.8 Å². The van der Waals surface area contributed by atoms with Gasteiger partial charge in [0.25, 0.3) is 10.0 Å². The molecule has 2 rings (SSSR count). The molecule has 0 amide bonds. The Hall–Kier alpha value is -0.890. The molecule has 114 valence electrons. The molecule has 2 atom stereocenters. The van der Waals surface area contributed by atoms with Gasteiger partial charge >= 0.3 is 0 Å². The molecule has 1 aromatic rings. The molecule has 1 aromatic heterocycles. The van der Waals surface area contributed by atoms with E-state index in [4.69, 9.17) is 4.42 Å². The lowest BCUT2D eigenvalue weighted by atomic mass is 10.00. The molecule has 6 nitrogen and oxygen atoms in total. The predicted octanol–water partition coefficient (Wildman–Crippen LogP) is 1.46. The van der Waals surface area contributed by atoms with E-state index in [0.717, 1.165) is 0 Å². The summed E-state index contributed by atoms with van der Waals surface area (Å²) in [6, 6.07) is 4.13. The van der Waals surface area contributed by atoms with Crippen LogP contribution in [0.3, 0.4) is 0 Å². The molecule has 0 radical (unpaired) electrons. The van der Waals surface area contributed by atoms with Gasteiger partial charge in [0.2, 0.25) is 5.09 Å². The van der Waals surface area contributed by atoms with Crippen LogP contribution in [0.2, 0.25) is 0 Å². The predicted molar refractivity (Wildman–Crippen MR) is 76.4 cm³/mol. The summed E-state index contributed by atoms with van der Waals surface area (Å²) >= 11 is 0. The molecule has 2 heterocycles. The van der Waals surface area contributed by atoms with Gasteiger partial charge in [0, 0.05) is 12.1 Å². The highest BCUT2D eigenvalue weighted by Crippen LogP contribution is 2.21. The summed E-state index contributed by atoms with van der Waals surface area (Å²) in [7, 11) is -2.13. The summed E-state index contributed by atoms with van der Waals surface area (Å²) in [5, 5.41) is 2.19. The Labute approximate surface area is 120 Å². The van der Waals surface area contributed by atoms with Crippen molar-refractivity contribution in [2.75, 3.05) is 7.05 Å². The average Bonchev–Trinajstić information content (AvgIpc) is 2.88. The number of hydrogen-bond donors (Lipinski definition) is 2. The lowest BCUT2D eigenvalue weighted by Crippen LogP contribution is -2.51. The first-order valence-corrected chi connectivity index (χ1v) is 8.46. The Morgan fingerprint density at radius 3 is 2.55 bits per heavy atom. The first kappa shape index (κ1) is 15.5. The normalized spacial score (nSPS) is 24.9. The molecule has 1 aliphatic rings. The Balaban J connectivity index is 1.97. The molecule has 2 N–H and O–H groups in total. The van der Waals surface area contributed by atoms with Gasteiger partial charge in [0.05, 0.1) is 6.54 Å². The van der Waals surface area contributed by atoms with Crippen molar-refractivity contribution in [3.63, 3.8) is 0 Å². The number of rotatable bonds is 5. The quantitative estimate of drug-likeness (QED) is 0.861. The van der Waals surface area contributed by atoms with Crippen LogP contribution >= 0.6 is 0 Å².